The molecule has 1 aliphatic carbocycles. The minimum atomic E-state index is 0.567. The van der Waals surface area contributed by atoms with Crippen molar-refractivity contribution in [2.75, 3.05) is 18.6 Å². The van der Waals surface area contributed by atoms with Crippen molar-refractivity contribution < 1.29 is 9.47 Å². The predicted molar refractivity (Wildman–Crippen MR) is 78.3 cm³/mol. The minimum absolute atomic E-state index is 0.567. The van der Waals surface area contributed by atoms with Gasteiger partial charge in [0.1, 0.15) is 19.0 Å². The van der Waals surface area contributed by atoms with Gasteiger partial charge in [-0.25, -0.2) is 15.8 Å². The molecule has 6 nitrogen and oxygen atoms in total. The Morgan fingerprint density at radius 1 is 1.05 bits per heavy atom. The molecule has 0 amide bonds. The van der Waals surface area contributed by atoms with Gasteiger partial charge in [0.25, 0.3) is 0 Å². The molecule has 2 aromatic rings. The van der Waals surface area contributed by atoms with Crippen LogP contribution in [0.1, 0.15) is 17.7 Å². The first-order valence-corrected chi connectivity index (χ1v) is 7.11. The molecular weight excluding hydrogens is 268 g/mol. The second-order valence-electron chi connectivity index (χ2n) is 5.18. The zero-order valence-corrected chi connectivity index (χ0v) is 11.6. The number of nitrogens with one attached hydrogen (secondary N) is 1. The van der Waals surface area contributed by atoms with Crippen LogP contribution in [-0.4, -0.2) is 23.2 Å². The van der Waals surface area contributed by atoms with E-state index in [1.165, 1.54) is 0 Å². The lowest BCUT2D eigenvalue weighted by molar-refractivity contribution is 0.171. The normalized spacial score (nSPS) is 15.7. The van der Waals surface area contributed by atoms with Crippen molar-refractivity contribution in [2.45, 2.75) is 19.3 Å². The molecule has 3 N–H and O–H groups in total. The Hall–Kier alpha value is -2.34. The van der Waals surface area contributed by atoms with Crippen molar-refractivity contribution in [1.29, 1.82) is 0 Å². The van der Waals surface area contributed by atoms with Crippen LogP contribution in [0.4, 0.5) is 5.82 Å². The van der Waals surface area contributed by atoms with Gasteiger partial charge in [0.15, 0.2) is 17.3 Å². The van der Waals surface area contributed by atoms with Gasteiger partial charge in [-0.1, -0.05) is 0 Å². The number of hydrogen-bond acceptors (Lipinski definition) is 6. The zero-order valence-electron chi connectivity index (χ0n) is 11.6. The van der Waals surface area contributed by atoms with Crippen LogP contribution in [-0.2, 0) is 12.8 Å². The highest BCUT2D eigenvalue weighted by Gasteiger charge is 2.20. The van der Waals surface area contributed by atoms with Crippen LogP contribution in [0.25, 0.3) is 11.4 Å². The van der Waals surface area contributed by atoms with E-state index >= 15 is 0 Å². The first kappa shape index (κ1) is 12.4. The van der Waals surface area contributed by atoms with Crippen molar-refractivity contribution in [1.82, 2.24) is 9.97 Å². The Morgan fingerprint density at radius 2 is 1.90 bits per heavy atom. The molecule has 6 heteroatoms. The molecule has 108 valence electrons. The SMILES string of the molecule is NNc1nc(-c2ccc3c(c2)OCCO3)nc2c1CCC2. The number of nitrogens with two attached hydrogens (primary N) is 1. The smallest absolute Gasteiger partial charge is 0.162 e. The maximum absolute atomic E-state index is 5.61. The van der Waals surface area contributed by atoms with E-state index in [1.807, 2.05) is 18.2 Å². The summed E-state index contributed by atoms with van der Waals surface area (Å²) in [7, 11) is 0. The van der Waals surface area contributed by atoms with Gasteiger partial charge < -0.3 is 14.9 Å². The number of rotatable bonds is 2. The van der Waals surface area contributed by atoms with Crippen LogP contribution in [0.15, 0.2) is 18.2 Å². The molecule has 2 aliphatic rings. The third-order valence-corrected chi connectivity index (χ3v) is 3.87. The molecule has 21 heavy (non-hydrogen) atoms. The number of hydrazine groups is 1. The number of hydrogen-bond donors (Lipinski definition) is 2. The van der Waals surface area contributed by atoms with Crippen LogP contribution in [0.5, 0.6) is 11.5 Å². The van der Waals surface area contributed by atoms with E-state index in [2.05, 4.69) is 15.4 Å². The number of benzene rings is 1. The molecule has 0 fully saturated rings. The summed E-state index contributed by atoms with van der Waals surface area (Å²) in [6.45, 7) is 1.15. The second kappa shape index (κ2) is 4.89. The summed E-state index contributed by atoms with van der Waals surface area (Å²) < 4.78 is 11.1. The van der Waals surface area contributed by atoms with Crippen molar-refractivity contribution in [2.24, 2.45) is 5.84 Å². The number of aromatic nitrogens is 2. The Morgan fingerprint density at radius 3 is 2.76 bits per heavy atom. The number of anilines is 1. The van der Waals surface area contributed by atoms with E-state index in [0.29, 0.717) is 19.0 Å². The minimum Gasteiger partial charge on any atom is -0.486 e. The molecule has 2 heterocycles. The molecule has 0 saturated heterocycles. The topological polar surface area (TPSA) is 82.3 Å². The maximum atomic E-state index is 5.61. The van der Waals surface area contributed by atoms with E-state index in [0.717, 1.165) is 53.4 Å². The highest BCUT2D eigenvalue weighted by Crippen LogP contribution is 2.35. The Balaban J connectivity index is 1.80. The van der Waals surface area contributed by atoms with E-state index in [-0.39, 0.29) is 0 Å². The molecule has 1 aromatic heterocycles. The van der Waals surface area contributed by atoms with Crippen LogP contribution in [0.3, 0.4) is 0 Å². The van der Waals surface area contributed by atoms with Gasteiger partial charge in [-0.15, -0.1) is 0 Å². The number of nitrogen functional groups attached to an aromatic ring is 1. The molecule has 4 rings (SSSR count). The fourth-order valence-electron chi connectivity index (χ4n) is 2.86. The van der Waals surface area contributed by atoms with Crippen LogP contribution in [0, 0.1) is 0 Å². The lowest BCUT2D eigenvalue weighted by Gasteiger charge is -2.18. The summed E-state index contributed by atoms with van der Waals surface area (Å²) in [4.78, 5) is 9.22. The van der Waals surface area contributed by atoms with Crippen molar-refractivity contribution in [3.8, 4) is 22.9 Å². The highest BCUT2D eigenvalue weighted by molar-refractivity contribution is 5.64. The fraction of sp³-hybridized carbons (Fsp3) is 0.333. The lowest BCUT2D eigenvalue weighted by Crippen LogP contribution is -2.15. The van der Waals surface area contributed by atoms with Crippen LogP contribution >= 0.6 is 0 Å². The molecule has 1 aliphatic heterocycles. The third kappa shape index (κ3) is 2.08. The van der Waals surface area contributed by atoms with Gasteiger partial charge in [-0.3, -0.25) is 0 Å². The Labute approximate surface area is 122 Å². The number of nitrogens with zero attached hydrogens (tertiary/aromatic N) is 2. The van der Waals surface area contributed by atoms with E-state index < -0.39 is 0 Å². The summed E-state index contributed by atoms with van der Waals surface area (Å²) in [5.74, 6) is 8.50. The maximum Gasteiger partial charge on any atom is 0.162 e. The highest BCUT2D eigenvalue weighted by atomic mass is 16.6. The summed E-state index contributed by atoms with van der Waals surface area (Å²) in [6, 6.07) is 5.77. The third-order valence-electron chi connectivity index (χ3n) is 3.87. The van der Waals surface area contributed by atoms with Gasteiger partial charge in [0.05, 0.1) is 0 Å². The Kier molecular flexibility index (Phi) is 2.89. The first-order valence-electron chi connectivity index (χ1n) is 7.11. The zero-order chi connectivity index (χ0) is 14.2. The average Bonchev–Trinajstić information content (AvgIpc) is 3.02. The van der Waals surface area contributed by atoms with Crippen LogP contribution < -0.4 is 20.7 Å². The van der Waals surface area contributed by atoms with Gasteiger partial charge in [-0.2, -0.15) is 0 Å². The van der Waals surface area contributed by atoms with Crippen molar-refractivity contribution >= 4 is 5.82 Å². The molecular formula is C15H16N4O2. The first-order chi connectivity index (χ1) is 10.3. The lowest BCUT2D eigenvalue weighted by atomic mass is 10.1. The molecule has 0 saturated carbocycles. The fourth-order valence-corrected chi connectivity index (χ4v) is 2.86. The molecule has 1 aromatic carbocycles. The van der Waals surface area contributed by atoms with Crippen molar-refractivity contribution in [3.63, 3.8) is 0 Å². The monoisotopic (exact) mass is 284 g/mol. The van der Waals surface area contributed by atoms with Gasteiger partial charge >= 0.3 is 0 Å². The van der Waals surface area contributed by atoms with Gasteiger partial charge in [0, 0.05) is 16.8 Å². The van der Waals surface area contributed by atoms with Crippen LogP contribution in [0.2, 0.25) is 0 Å². The molecule has 0 radical (unpaired) electrons. The largest absolute Gasteiger partial charge is 0.486 e. The van der Waals surface area contributed by atoms with E-state index in [9.17, 15) is 0 Å². The van der Waals surface area contributed by atoms with Gasteiger partial charge in [0.2, 0.25) is 0 Å². The standard InChI is InChI=1S/C15H16N4O2/c16-19-15-10-2-1-3-11(10)17-14(18-15)9-4-5-12-13(8-9)21-7-6-20-12/h4-5,8H,1-3,6-7,16H2,(H,17,18,19). The molecule has 0 atom stereocenters. The molecule has 0 spiro atoms. The van der Waals surface area contributed by atoms with Crippen molar-refractivity contribution in [3.05, 3.63) is 29.5 Å². The summed E-state index contributed by atoms with van der Waals surface area (Å²) in [5, 5.41) is 0. The Bertz CT molecular complexity index is 702. The van der Waals surface area contributed by atoms with E-state index in [1.54, 1.807) is 0 Å². The number of aryl methyl sites for hydroxylation is 1. The average molecular weight is 284 g/mol. The summed E-state index contributed by atoms with van der Waals surface area (Å²) in [5.41, 5.74) is 5.82. The molecule has 0 unspecified atom stereocenters. The second-order valence-corrected chi connectivity index (χ2v) is 5.18. The van der Waals surface area contributed by atoms with Gasteiger partial charge in [-0.05, 0) is 37.5 Å². The summed E-state index contributed by atoms with van der Waals surface area (Å²) >= 11 is 0. The van der Waals surface area contributed by atoms with E-state index in [4.69, 9.17) is 15.3 Å². The number of fused-ring (bicyclic) bond motifs is 2. The number of ether oxygens (including phenoxy) is 2. The summed E-state index contributed by atoms with van der Waals surface area (Å²) in [6.07, 6.45) is 3.06. The quantitative estimate of drug-likeness (QED) is 0.645. The predicted octanol–water partition coefficient (Wildman–Crippen LogP) is 1.69. The molecule has 0 bridgehead atoms.